The highest BCUT2D eigenvalue weighted by Crippen LogP contribution is 2.39. The number of para-hydroxylation sites is 2. The molecule has 1 aliphatic heterocycles. The second kappa shape index (κ2) is 8.00. The molecule has 0 aliphatic carbocycles. The average Bonchev–Trinajstić information content (AvgIpc) is 3.19. The molecule has 0 spiro atoms. The number of fused-ring (bicyclic) bond motifs is 3. The molecule has 1 aromatic heterocycles. The summed E-state index contributed by atoms with van der Waals surface area (Å²) in [5, 5.41) is 4.71. The predicted molar refractivity (Wildman–Crippen MR) is 124 cm³/mol. The lowest BCUT2D eigenvalue weighted by atomic mass is 9.92. The first-order chi connectivity index (χ1) is 15.2. The Bertz CT molecular complexity index is 1250. The maximum Gasteiger partial charge on any atom is 0.322 e. The smallest absolute Gasteiger partial charge is 0.322 e. The second-order valence-electron chi connectivity index (χ2n) is 7.59. The maximum absolute atomic E-state index is 13.4. The first kappa shape index (κ1) is 19.5. The second-order valence-corrected chi connectivity index (χ2v) is 8.00. The molecule has 4 aromatic rings. The van der Waals surface area contributed by atoms with Crippen LogP contribution in [0.3, 0.4) is 0 Å². The van der Waals surface area contributed by atoms with Crippen LogP contribution in [-0.4, -0.2) is 29.6 Å². The normalized spacial score (nSPS) is 15.5. The lowest BCUT2D eigenvalue weighted by Gasteiger charge is -2.36. The average molecular weight is 432 g/mol. The van der Waals surface area contributed by atoms with Crippen molar-refractivity contribution in [2.45, 2.75) is 12.5 Å². The van der Waals surface area contributed by atoms with Gasteiger partial charge in [-0.2, -0.15) is 0 Å². The van der Waals surface area contributed by atoms with E-state index in [-0.39, 0.29) is 12.1 Å². The van der Waals surface area contributed by atoms with E-state index in [1.54, 1.807) is 19.2 Å². The van der Waals surface area contributed by atoms with Crippen LogP contribution in [0.5, 0.6) is 5.75 Å². The Morgan fingerprint density at radius 1 is 1.06 bits per heavy atom. The fourth-order valence-corrected chi connectivity index (χ4v) is 4.52. The predicted octanol–water partition coefficient (Wildman–Crippen LogP) is 6.01. The van der Waals surface area contributed by atoms with Crippen molar-refractivity contribution in [1.82, 2.24) is 9.88 Å². The molecule has 1 aliphatic rings. The summed E-state index contributed by atoms with van der Waals surface area (Å²) in [7, 11) is 1.65. The molecule has 156 valence electrons. The summed E-state index contributed by atoms with van der Waals surface area (Å²) in [4.78, 5) is 18.8. The number of benzene rings is 3. The molecule has 0 radical (unpaired) electrons. The van der Waals surface area contributed by atoms with Gasteiger partial charge in [-0.25, -0.2) is 4.79 Å². The molecule has 6 heteroatoms. The Balaban J connectivity index is 1.58. The first-order valence-electron chi connectivity index (χ1n) is 10.2. The largest absolute Gasteiger partial charge is 0.497 e. The molecule has 5 rings (SSSR count). The minimum Gasteiger partial charge on any atom is -0.497 e. The molecule has 0 saturated carbocycles. The highest BCUT2D eigenvalue weighted by atomic mass is 35.5. The highest BCUT2D eigenvalue weighted by molar-refractivity contribution is 6.33. The number of carbonyl (C=O) groups is 1. The molecule has 5 nitrogen and oxygen atoms in total. The van der Waals surface area contributed by atoms with Gasteiger partial charge in [0, 0.05) is 23.1 Å². The van der Waals surface area contributed by atoms with Crippen LogP contribution in [0.1, 0.15) is 22.9 Å². The van der Waals surface area contributed by atoms with Gasteiger partial charge in [0.05, 0.1) is 23.9 Å². The van der Waals surface area contributed by atoms with Gasteiger partial charge in [-0.15, -0.1) is 0 Å². The van der Waals surface area contributed by atoms with Gasteiger partial charge in [0.25, 0.3) is 0 Å². The zero-order valence-electron chi connectivity index (χ0n) is 17.1. The number of methoxy groups -OCH3 is 1. The molecule has 3 aromatic carbocycles. The van der Waals surface area contributed by atoms with Gasteiger partial charge in [0.15, 0.2) is 0 Å². The lowest BCUT2D eigenvalue weighted by molar-refractivity contribution is 0.193. The molecule has 0 saturated heterocycles. The van der Waals surface area contributed by atoms with E-state index in [0.717, 1.165) is 28.9 Å². The standard InChI is InChI=1S/C25H22ClN3O2/c1-31-17-12-10-16(11-13-17)24-23-19(18-6-2-4-8-21(18)27-23)14-15-29(24)25(30)28-22-9-5-3-7-20(22)26/h2-13,24,27H,14-15H2,1H3,(H,28,30)/t24-/m1/s1. The van der Waals surface area contributed by atoms with E-state index >= 15 is 0 Å². The van der Waals surface area contributed by atoms with Gasteiger partial charge < -0.3 is 19.9 Å². The van der Waals surface area contributed by atoms with E-state index in [4.69, 9.17) is 16.3 Å². The van der Waals surface area contributed by atoms with Gasteiger partial charge in [-0.1, -0.05) is 54.1 Å². The third-order valence-corrected chi connectivity index (χ3v) is 6.17. The van der Waals surface area contributed by atoms with Gasteiger partial charge in [0.1, 0.15) is 5.75 Å². The van der Waals surface area contributed by atoms with Crippen molar-refractivity contribution in [2.75, 3.05) is 19.0 Å². The molecule has 2 N–H and O–H groups in total. The Kier molecular flexibility index (Phi) is 5.04. The number of rotatable bonds is 3. The molecule has 0 unspecified atom stereocenters. The minimum absolute atomic E-state index is 0.182. The number of hydrogen-bond acceptors (Lipinski definition) is 2. The lowest BCUT2D eigenvalue weighted by Crippen LogP contribution is -2.43. The third-order valence-electron chi connectivity index (χ3n) is 5.84. The Morgan fingerprint density at radius 3 is 2.58 bits per heavy atom. The van der Waals surface area contributed by atoms with Gasteiger partial charge in [-0.05, 0) is 47.9 Å². The number of aromatic nitrogens is 1. The zero-order chi connectivity index (χ0) is 21.4. The summed E-state index contributed by atoms with van der Waals surface area (Å²) in [5.74, 6) is 0.781. The molecule has 0 fully saturated rings. The number of H-pyrrole nitrogens is 1. The molecule has 31 heavy (non-hydrogen) atoms. The number of halogens is 1. The Morgan fingerprint density at radius 2 is 1.81 bits per heavy atom. The highest BCUT2D eigenvalue weighted by Gasteiger charge is 2.34. The van der Waals surface area contributed by atoms with Crippen molar-refractivity contribution in [3.05, 3.63) is 94.6 Å². The van der Waals surface area contributed by atoms with Gasteiger partial charge >= 0.3 is 6.03 Å². The van der Waals surface area contributed by atoms with Gasteiger partial charge in [-0.3, -0.25) is 0 Å². The number of nitrogens with one attached hydrogen (secondary N) is 2. The number of carbonyl (C=O) groups excluding carboxylic acids is 1. The topological polar surface area (TPSA) is 57.4 Å². The van der Waals surface area contributed by atoms with Crippen LogP contribution in [0, 0.1) is 0 Å². The summed E-state index contributed by atoms with van der Waals surface area (Å²) in [6, 6.07) is 23.0. The van der Waals surface area contributed by atoms with Crippen molar-refractivity contribution in [3.8, 4) is 5.75 Å². The Labute approximate surface area is 185 Å². The number of urea groups is 1. The number of ether oxygens (including phenoxy) is 1. The molecule has 0 bridgehead atoms. The van der Waals surface area contributed by atoms with Crippen LogP contribution in [0.4, 0.5) is 10.5 Å². The van der Waals surface area contributed by atoms with Crippen molar-refractivity contribution in [2.24, 2.45) is 0 Å². The fraction of sp³-hybridized carbons (Fsp3) is 0.160. The number of anilines is 1. The van der Waals surface area contributed by atoms with E-state index in [2.05, 4.69) is 28.5 Å². The van der Waals surface area contributed by atoms with Crippen LogP contribution >= 0.6 is 11.6 Å². The van der Waals surface area contributed by atoms with Crippen LogP contribution < -0.4 is 10.1 Å². The Hall–Kier alpha value is -3.44. The van der Waals surface area contributed by atoms with E-state index < -0.39 is 0 Å². The minimum atomic E-state index is -0.246. The van der Waals surface area contributed by atoms with Crippen molar-refractivity contribution in [1.29, 1.82) is 0 Å². The summed E-state index contributed by atoms with van der Waals surface area (Å²) < 4.78 is 5.33. The van der Waals surface area contributed by atoms with Crippen molar-refractivity contribution >= 4 is 34.2 Å². The van der Waals surface area contributed by atoms with Crippen LogP contribution in [0.2, 0.25) is 5.02 Å². The SMILES string of the molecule is COc1ccc([C@@H]2c3[nH]c4ccccc4c3CCN2C(=O)Nc2ccccc2Cl)cc1. The summed E-state index contributed by atoms with van der Waals surface area (Å²) >= 11 is 6.28. The number of amides is 2. The first-order valence-corrected chi connectivity index (χ1v) is 10.6. The van der Waals surface area contributed by atoms with E-state index in [0.29, 0.717) is 17.3 Å². The zero-order valence-corrected chi connectivity index (χ0v) is 17.8. The molecule has 2 heterocycles. The van der Waals surface area contributed by atoms with Crippen molar-refractivity contribution < 1.29 is 9.53 Å². The number of nitrogens with zero attached hydrogens (tertiary/aromatic N) is 1. The van der Waals surface area contributed by atoms with Crippen molar-refractivity contribution in [3.63, 3.8) is 0 Å². The quantitative estimate of drug-likeness (QED) is 0.417. The van der Waals surface area contributed by atoms with Crippen LogP contribution in [-0.2, 0) is 6.42 Å². The van der Waals surface area contributed by atoms with E-state index in [1.807, 2.05) is 47.4 Å². The summed E-state index contributed by atoms with van der Waals surface area (Å²) in [5.41, 5.74) is 5.01. The molecule has 2 amide bonds. The number of aromatic amines is 1. The van der Waals surface area contributed by atoms with Crippen LogP contribution in [0.15, 0.2) is 72.8 Å². The maximum atomic E-state index is 13.4. The van der Waals surface area contributed by atoms with E-state index in [9.17, 15) is 4.79 Å². The third kappa shape index (κ3) is 3.51. The molecule has 1 atom stereocenters. The molecular formula is C25H22ClN3O2. The fourth-order valence-electron chi connectivity index (χ4n) is 4.34. The monoisotopic (exact) mass is 431 g/mol. The molecular weight excluding hydrogens is 410 g/mol. The summed E-state index contributed by atoms with van der Waals surface area (Å²) in [6.45, 7) is 0.599. The van der Waals surface area contributed by atoms with E-state index in [1.165, 1.54) is 10.9 Å². The number of hydrogen-bond donors (Lipinski definition) is 2. The van der Waals surface area contributed by atoms with Crippen LogP contribution in [0.25, 0.3) is 10.9 Å². The van der Waals surface area contributed by atoms with Gasteiger partial charge in [0.2, 0.25) is 0 Å². The summed E-state index contributed by atoms with van der Waals surface area (Å²) in [6.07, 6.45) is 0.780.